The predicted octanol–water partition coefficient (Wildman–Crippen LogP) is 3.37. The summed E-state index contributed by atoms with van der Waals surface area (Å²) in [6.45, 7) is 5.00. The van der Waals surface area contributed by atoms with Crippen molar-refractivity contribution < 1.29 is 14.3 Å². The zero-order valence-corrected chi connectivity index (χ0v) is 17.9. The number of amides is 2. The molecule has 0 aliphatic heterocycles. The Labute approximate surface area is 182 Å². The van der Waals surface area contributed by atoms with Crippen molar-refractivity contribution in [3.8, 4) is 5.75 Å². The quantitative estimate of drug-likeness (QED) is 0.523. The molecule has 0 aliphatic carbocycles. The summed E-state index contributed by atoms with van der Waals surface area (Å²) in [6.07, 6.45) is 3.82. The number of rotatable bonds is 9. The minimum absolute atomic E-state index is 0.0674. The van der Waals surface area contributed by atoms with Crippen LogP contribution in [0.4, 0.5) is 0 Å². The molecule has 1 heterocycles. The highest BCUT2D eigenvalue weighted by atomic mass is 16.5. The van der Waals surface area contributed by atoms with Gasteiger partial charge in [0, 0.05) is 36.6 Å². The number of aromatic nitrogens is 1. The summed E-state index contributed by atoms with van der Waals surface area (Å²) in [6, 6.07) is 17.0. The van der Waals surface area contributed by atoms with E-state index < -0.39 is 0 Å². The Hall–Kier alpha value is -3.67. The van der Waals surface area contributed by atoms with Gasteiger partial charge in [-0.25, -0.2) is 0 Å². The Morgan fingerprint density at radius 3 is 2.26 bits per heavy atom. The second-order valence-corrected chi connectivity index (χ2v) is 7.36. The van der Waals surface area contributed by atoms with Gasteiger partial charge in [-0.05, 0) is 48.7 Å². The molecule has 3 rings (SSSR count). The fourth-order valence-corrected chi connectivity index (χ4v) is 3.27. The van der Waals surface area contributed by atoms with Crippen LogP contribution >= 0.6 is 0 Å². The molecule has 31 heavy (non-hydrogen) atoms. The lowest BCUT2D eigenvalue weighted by molar-refractivity contribution is -0.120. The van der Waals surface area contributed by atoms with Gasteiger partial charge in [0.2, 0.25) is 5.91 Å². The van der Waals surface area contributed by atoms with E-state index in [2.05, 4.69) is 15.6 Å². The van der Waals surface area contributed by atoms with Crippen molar-refractivity contribution in [2.75, 3.05) is 13.1 Å². The maximum absolute atomic E-state index is 12.5. The van der Waals surface area contributed by atoms with Gasteiger partial charge in [0.1, 0.15) is 12.4 Å². The number of hydrogen-bond donors (Lipinski definition) is 2. The average molecular weight is 418 g/mol. The number of aryl methyl sites for hydroxylation is 2. The number of carbonyl (C=O) groups is 2. The molecular weight excluding hydrogens is 390 g/mol. The largest absolute Gasteiger partial charge is 0.488 e. The lowest BCUT2D eigenvalue weighted by Crippen LogP contribution is -2.35. The minimum atomic E-state index is -0.178. The van der Waals surface area contributed by atoms with Gasteiger partial charge in [-0.1, -0.05) is 36.4 Å². The van der Waals surface area contributed by atoms with Crippen molar-refractivity contribution in [2.24, 2.45) is 0 Å². The van der Waals surface area contributed by atoms with Gasteiger partial charge in [-0.3, -0.25) is 14.6 Å². The molecule has 2 amide bonds. The van der Waals surface area contributed by atoms with Crippen LogP contribution in [0.1, 0.15) is 32.6 Å². The number of carbonyl (C=O) groups excluding carboxylic acids is 2. The van der Waals surface area contributed by atoms with E-state index >= 15 is 0 Å². The monoisotopic (exact) mass is 417 g/mol. The molecule has 0 radical (unpaired) electrons. The van der Waals surface area contributed by atoms with Gasteiger partial charge in [0.05, 0.1) is 6.42 Å². The molecule has 6 nitrogen and oxygen atoms in total. The molecule has 0 bridgehead atoms. The van der Waals surface area contributed by atoms with E-state index in [0.29, 0.717) is 31.7 Å². The molecular formula is C25H27N3O3. The molecule has 0 spiro atoms. The van der Waals surface area contributed by atoms with Crippen LogP contribution in [0, 0.1) is 13.8 Å². The summed E-state index contributed by atoms with van der Waals surface area (Å²) >= 11 is 0. The van der Waals surface area contributed by atoms with Crippen LogP contribution in [0.2, 0.25) is 0 Å². The van der Waals surface area contributed by atoms with E-state index in [1.807, 2.05) is 68.4 Å². The first-order valence-electron chi connectivity index (χ1n) is 10.2. The third kappa shape index (κ3) is 6.67. The van der Waals surface area contributed by atoms with Crippen LogP contribution in [0.3, 0.4) is 0 Å². The fourth-order valence-electron chi connectivity index (χ4n) is 3.27. The SMILES string of the molecule is Cc1cc(C(=O)NCCNC(=O)Cc2ccccc2)cc(C)c1OCc1cccnc1. The number of nitrogens with zero attached hydrogens (tertiary/aromatic N) is 1. The topological polar surface area (TPSA) is 80.3 Å². The van der Waals surface area contributed by atoms with Crippen molar-refractivity contribution in [1.82, 2.24) is 15.6 Å². The van der Waals surface area contributed by atoms with Crippen molar-refractivity contribution in [2.45, 2.75) is 26.9 Å². The number of benzene rings is 2. The Bertz CT molecular complexity index is 998. The minimum Gasteiger partial charge on any atom is -0.488 e. The van der Waals surface area contributed by atoms with Crippen LogP contribution < -0.4 is 15.4 Å². The van der Waals surface area contributed by atoms with Gasteiger partial charge in [-0.2, -0.15) is 0 Å². The number of nitrogens with one attached hydrogen (secondary N) is 2. The van der Waals surface area contributed by atoms with E-state index in [1.54, 1.807) is 12.4 Å². The predicted molar refractivity (Wildman–Crippen MR) is 120 cm³/mol. The van der Waals surface area contributed by atoms with E-state index in [9.17, 15) is 9.59 Å². The third-order valence-corrected chi connectivity index (χ3v) is 4.77. The first-order chi connectivity index (χ1) is 15.0. The Morgan fingerprint density at radius 2 is 1.58 bits per heavy atom. The molecule has 0 saturated heterocycles. The zero-order chi connectivity index (χ0) is 22.1. The fraction of sp³-hybridized carbons (Fsp3) is 0.240. The van der Waals surface area contributed by atoms with Crippen LogP contribution in [-0.4, -0.2) is 29.9 Å². The van der Waals surface area contributed by atoms with Gasteiger partial charge in [-0.15, -0.1) is 0 Å². The van der Waals surface area contributed by atoms with E-state index in [0.717, 1.165) is 28.0 Å². The molecule has 0 atom stereocenters. The summed E-state index contributed by atoms with van der Waals surface area (Å²) in [5.74, 6) is 0.526. The molecule has 0 saturated carbocycles. The first kappa shape index (κ1) is 22.0. The normalized spacial score (nSPS) is 10.4. The summed E-state index contributed by atoms with van der Waals surface area (Å²) in [5.41, 5.74) is 4.30. The average Bonchev–Trinajstić information content (AvgIpc) is 2.77. The molecule has 3 aromatic rings. The molecule has 0 fully saturated rings. The highest BCUT2D eigenvalue weighted by molar-refractivity contribution is 5.95. The maximum Gasteiger partial charge on any atom is 0.251 e. The van der Waals surface area contributed by atoms with Gasteiger partial charge in [0.15, 0.2) is 0 Å². The molecule has 2 N–H and O–H groups in total. The molecule has 6 heteroatoms. The van der Waals surface area contributed by atoms with Crippen molar-refractivity contribution >= 4 is 11.8 Å². The van der Waals surface area contributed by atoms with Gasteiger partial charge in [0.25, 0.3) is 5.91 Å². The highest BCUT2D eigenvalue weighted by Gasteiger charge is 2.12. The van der Waals surface area contributed by atoms with Gasteiger partial charge >= 0.3 is 0 Å². The Kier molecular flexibility index (Phi) is 7.76. The molecule has 160 valence electrons. The van der Waals surface area contributed by atoms with Crippen molar-refractivity contribution in [3.05, 3.63) is 94.8 Å². The number of pyridine rings is 1. The second-order valence-electron chi connectivity index (χ2n) is 7.36. The second kappa shape index (κ2) is 10.9. The summed E-state index contributed by atoms with van der Waals surface area (Å²) in [4.78, 5) is 28.6. The molecule has 1 aromatic heterocycles. The van der Waals surface area contributed by atoms with E-state index in [1.165, 1.54) is 0 Å². The highest BCUT2D eigenvalue weighted by Crippen LogP contribution is 2.25. The van der Waals surface area contributed by atoms with E-state index in [-0.39, 0.29) is 11.8 Å². The van der Waals surface area contributed by atoms with Gasteiger partial charge < -0.3 is 15.4 Å². The molecule has 0 unspecified atom stereocenters. The third-order valence-electron chi connectivity index (χ3n) is 4.77. The zero-order valence-electron chi connectivity index (χ0n) is 17.9. The van der Waals surface area contributed by atoms with Crippen LogP contribution in [0.25, 0.3) is 0 Å². The number of hydrogen-bond acceptors (Lipinski definition) is 4. The summed E-state index contributed by atoms with van der Waals surface area (Å²) < 4.78 is 5.94. The molecule has 0 aliphatic rings. The van der Waals surface area contributed by atoms with E-state index in [4.69, 9.17) is 4.74 Å². The first-order valence-corrected chi connectivity index (χ1v) is 10.2. The maximum atomic E-state index is 12.5. The van der Waals surface area contributed by atoms with Crippen LogP contribution in [-0.2, 0) is 17.8 Å². The van der Waals surface area contributed by atoms with Crippen LogP contribution in [0.5, 0.6) is 5.75 Å². The lowest BCUT2D eigenvalue weighted by Gasteiger charge is -2.14. The Morgan fingerprint density at radius 1 is 0.903 bits per heavy atom. The standard InChI is InChI=1S/C25H27N3O3/c1-18-13-22(14-19(2)24(18)31-17-21-9-6-10-26-16-21)25(30)28-12-11-27-23(29)15-20-7-4-3-5-8-20/h3-10,13-14,16H,11-12,15,17H2,1-2H3,(H,27,29)(H,28,30). The van der Waals surface area contributed by atoms with Crippen molar-refractivity contribution in [1.29, 1.82) is 0 Å². The van der Waals surface area contributed by atoms with Crippen molar-refractivity contribution in [3.63, 3.8) is 0 Å². The summed E-state index contributed by atoms with van der Waals surface area (Å²) in [5, 5.41) is 5.67. The lowest BCUT2D eigenvalue weighted by atomic mass is 10.0. The molecule has 2 aromatic carbocycles. The van der Waals surface area contributed by atoms with Crippen LogP contribution in [0.15, 0.2) is 67.0 Å². The number of ether oxygens (including phenoxy) is 1. The Balaban J connectivity index is 1.47. The smallest absolute Gasteiger partial charge is 0.251 e. The summed E-state index contributed by atoms with van der Waals surface area (Å²) in [7, 11) is 0.